The van der Waals surface area contributed by atoms with Crippen molar-refractivity contribution in [1.29, 1.82) is 0 Å². The van der Waals surface area contributed by atoms with Crippen LogP contribution in [0.25, 0.3) is 11.2 Å². The first-order chi connectivity index (χ1) is 19.6. The molecule has 2 aromatic rings. The van der Waals surface area contributed by atoms with Crippen molar-refractivity contribution in [3.05, 3.63) is 6.33 Å². The molecular formula is C23H38N7O10P. The lowest BCUT2D eigenvalue weighted by Gasteiger charge is -2.26. The quantitative estimate of drug-likeness (QED) is 0.130. The molecule has 0 bridgehead atoms. The highest BCUT2D eigenvalue weighted by molar-refractivity contribution is 7.54. The minimum atomic E-state index is -3.86. The van der Waals surface area contributed by atoms with Crippen LogP contribution in [0.15, 0.2) is 6.33 Å². The zero-order chi connectivity index (χ0) is 30.0. The molecule has 41 heavy (non-hydrogen) atoms. The van der Waals surface area contributed by atoms with Crippen LogP contribution in [0.2, 0.25) is 0 Å². The fourth-order valence-electron chi connectivity index (χ4n) is 4.13. The van der Waals surface area contributed by atoms with E-state index in [4.69, 9.17) is 29.2 Å². The second kappa shape index (κ2) is 15.3. The number of nitrogens with two attached hydrogens (primary N) is 1. The molecule has 0 saturated carbocycles. The third-order valence-electron chi connectivity index (χ3n) is 6.11. The average Bonchev–Trinajstić information content (AvgIpc) is 3.29. The Labute approximate surface area is 236 Å². The van der Waals surface area contributed by atoms with E-state index in [0.717, 1.165) is 0 Å². The van der Waals surface area contributed by atoms with E-state index in [0.29, 0.717) is 11.2 Å². The number of ether oxygens (including phenoxy) is 4. The smallest absolute Gasteiger partial charge is 0.340 e. The minimum Gasteiger partial charge on any atom is -0.479 e. The maximum Gasteiger partial charge on any atom is 0.340 e. The van der Waals surface area contributed by atoms with Crippen molar-refractivity contribution in [3.8, 4) is 5.88 Å². The molecule has 1 saturated heterocycles. The molecular weight excluding hydrogens is 565 g/mol. The second-order valence-corrected chi connectivity index (χ2v) is 11.0. The lowest BCUT2D eigenvalue weighted by molar-refractivity contribution is -0.143. The number of aliphatic hydroxyl groups is 2. The predicted octanol–water partition coefficient (Wildman–Crippen LogP) is -0.321. The first-order valence-corrected chi connectivity index (χ1v) is 14.8. The predicted molar refractivity (Wildman–Crippen MR) is 144 cm³/mol. The standard InChI is InChI=1S/C23H38N7O10P/c1-4-37-17(32)6-8-26-41(35,27-9-7-18(33)38-5-2)40-12-16-20(34)15(31)10-14(11-39-16)30-13-25-19-21(30)28-23(24)29-22(19)36-3/h13-16,20,31,34H,4-12H2,1-3H3,(H2,24,28,29)(H2,26,27,35)/t14?,15?,16-,20-/m1/s1. The van der Waals surface area contributed by atoms with Gasteiger partial charge in [0.2, 0.25) is 11.8 Å². The van der Waals surface area contributed by atoms with Gasteiger partial charge in [-0.1, -0.05) is 0 Å². The topological polar surface area (TPSA) is 232 Å². The number of carbonyl (C=O) groups is 2. The monoisotopic (exact) mass is 603 g/mol. The van der Waals surface area contributed by atoms with Crippen LogP contribution in [-0.4, -0.2) is 107 Å². The first-order valence-electron chi connectivity index (χ1n) is 13.2. The summed E-state index contributed by atoms with van der Waals surface area (Å²) in [5.41, 5.74) is 6.53. The van der Waals surface area contributed by atoms with Gasteiger partial charge in [0.25, 0.3) is 0 Å². The number of rotatable bonds is 15. The molecule has 6 N–H and O–H groups in total. The van der Waals surface area contributed by atoms with Gasteiger partial charge in [-0.3, -0.25) is 14.2 Å². The van der Waals surface area contributed by atoms with Gasteiger partial charge in [0.05, 0.1) is 64.9 Å². The molecule has 2 unspecified atom stereocenters. The highest BCUT2D eigenvalue weighted by Gasteiger charge is 2.37. The number of esters is 2. The summed E-state index contributed by atoms with van der Waals surface area (Å²) in [5, 5.41) is 26.9. The van der Waals surface area contributed by atoms with Crippen molar-refractivity contribution < 1.29 is 47.8 Å². The van der Waals surface area contributed by atoms with E-state index in [-0.39, 0.29) is 64.0 Å². The van der Waals surface area contributed by atoms with Crippen molar-refractivity contribution in [2.45, 2.75) is 57.5 Å². The molecule has 0 amide bonds. The van der Waals surface area contributed by atoms with Crippen LogP contribution >= 0.6 is 7.67 Å². The fourth-order valence-corrected chi connectivity index (χ4v) is 5.59. The number of aliphatic hydroxyl groups excluding tert-OH is 2. The van der Waals surface area contributed by atoms with Crippen molar-refractivity contribution in [2.75, 3.05) is 52.4 Å². The Kier molecular flexibility index (Phi) is 12.2. The zero-order valence-electron chi connectivity index (χ0n) is 23.2. The molecule has 2 aromatic heterocycles. The molecule has 1 fully saturated rings. The van der Waals surface area contributed by atoms with Gasteiger partial charge in [0, 0.05) is 13.1 Å². The molecule has 0 spiro atoms. The molecule has 3 heterocycles. The average molecular weight is 604 g/mol. The van der Waals surface area contributed by atoms with Gasteiger partial charge in [0.1, 0.15) is 12.2 Å². The van der Waals surface area contributed by atoms with Gasteiger partial charge in [0.15, 0.2) is 11.2 Å². The number of imidazole rings is 1. The molecule has 230 valence electrons. The molecule has 4 atom stereocenters. The van der Waals surface area contributed by atoms with E-state index in [9.17, 15) is 24.4 Å². The van der Waals surface area contributed by atoms with Crippen LogP contribution in [0.1, 0.15) is 39.2 Å². The summed E-state index contributed by atoms with van der Waals surface area (Å²) >= 11 is 0. The molecule has 1 aliphatic rings. The number of anilines is 1. The Hall–Kier alpha value is -2.92. The number of nitrogens with one attached hydrogen (secondary N) is 2. The van der Waals surface area contributed by atoms with Crippen molar-refractivity contribution >= 4 is 36.7 Å². The number of aromatic nitrogens is 4. The van der Waals surface area contributed by atoms with Gasteiger partial charge < -0.3 is 44.0 Å². The first kappa shape index (κ1) is 32.6. The minimum absolute atomic E-state index is 0.0106. The summed E-state index contributed by atoms with van der Waals surface area (Å²) in [6.07, 6.45) is -2.32. The summed E-state index contributed by atoms with van der Waals surface area (Å²) in [7, 11) is -2.43. The number of hydrogen-bond donors (Lipinski definition) is 5. The van der Waals surface area contributed by atoms with Crippen LogP contribution in [0.3, 0.4) is 0 Å². The van der Waals surface area contributed by atoms with Gasteiger partial charge >= 0.3 is 19.6 Å². The molecule has 0 aromatic carbocycles. The summed E-state index contributed by atoms with van der Waals surface area (Å²) in [4.78, 5) is 35.9. The van der Waals surface area contributed by atoms with E-state index in [1.54, 1.807) is 18.4 Å². The SMILES string of the molecule is CCOC(=O)CCNP(=O)(NCCC(=O)OCC)OC[C@H]1OCC(n2cnc3c(OC)nc(N)nc32)CC(O)[C@H]1O. The maximum absolute atomic E-state index is 13.5. The molecule has 0 radical (unpaired) electrons. The summed E-state index contributed by atoms with van der Waals surface area (Å²) < 4.78 is 41.6. The van der Waals surface area contributed by atoms with Crippen LogP contribution in [0.5, 0.6) is 5.88 Å². The third-order valence-corrected chi connectivity index (χ3v) is 7.91. The molecule has 3 rings (SSSR count). The molecule has 18 heteroatoms. The van der Waals surface area contributed by atoms with E-state index in [1.807, 2.05) is 0 Å². The fraction of sp³-hybridized carbons (Fsp3) is 0.696. The van der Waals surface area contributed by atoms with Gasteiger partial charge in [-0.15, -0.1) is 0 Å². The molecule has 17 nitrogen and oxygen atoms in total. The Balaban J connectivity index is 1.68. The summed E-state index contributed by atoms with van der Waals surface area (Å²) in [6, 6.07) is -0.508. The Morgan fingerprint density at radius 1 is 1.15 bits per heavy atom. The number of fused-ring (bicyclic) bond motifs is 1. The highest BCUT2D eigenvalue weighted by Crippen LogP contribution is 2.38. The van der Waals surface area contributed by atoms with Crippen LogP contribution in [0, 0.1) is 0 Å². The van der Waals surface area contributed by atoms with Crippen LogP contribution in [-0.2, 0) is 32.9 Å². The number of nitrogens with zero attached hydrogens (tertiary/aromatic N) is 4. The van der Waals surface area contributed by atoms with E-state index >= 15 is 0 Å². The summed E-state index contributed by atoms with van der Waals surface area (Å²) in [6.45, 7) is 3.25. The number of methoxy groups -OCH3 is 1. The van der Waals surface area contributed by atoms with Crippen molar-refractivity contribution in [3.63, 3.8) is 0 Å². The van der Waals surface area contributed by atoms with Gasteiger partial charge in [-0.25, -0.2) is 15.2 Å². The Morgan fingerprint density at radius 3 is 2.37 bits per heavy atom. The summed E-state index contributed by atoms with van der Waals surface area (Å²) in [5.74, 6) is -0.827. The second-order valence-electron chi connectivity index (χ2n) is 9.01. The number of carbonyl (C=O) groups excluding carboxylic acids is 2. The normalized spacial score (nSPS) is 21.4. The largest absolute Gasteiger partial charge is 0.479 e. The molecule has 1 aliphatic heterocycles. The zero-order valence-corrected chi connectivity index (χ0v) is 24.1. The number of nitrogen functional groups attached to an aromatic ring is 1. The Morgan fingerprint density at radius 2 is 1.78 bits per heavy atom. The lowest BCUT2D eigenvalue weighted by atomic mass is 10.0. The Bertz CT molecular complexity index is 1190. The van der Waals surface area contributed by atoms with E-state index < -0.39 is 50.6 Å². The van der Waals surface area contributed by atoms with E-state index in [1.165, 1.54) is 13.4 Å². The van der Waals surface area contributed by atoms with Gasteiger partial charge in [-0.05, 0) is 20.3 Å². The van der Waals surface area contributed by atoms with Crippen LogP contribution in [0.4, 0.5) is 5.95 Å². The van der Waals surface area contributed by atoms with Gasteiger partial charge in [-0.2, -0.15) is 9.97 Å². The highest BCUT2D eigenvalue weighted by atomic mass is 31.2. The van der Waals surface area contributed by atoms with Crippen molar-refractivity contribution in [1.82, 2.24) is 29.7 Å². The van der Waals surface area contributed by atoms with Crippen LogP contribution < -0.4 is 20.6 Å². The maximum atomic E-state index is 13.5. The third kappa shape index (κ3) is 9.03. The molecule has 0 aliphatic carbocycles. The number of hydrogen-bond acceptors (Lipinski definition) is 14. The van der Waals surface area contributed by atoms with E-state index in [2.05, 4.69) is 25.1 Å². The lowest BCUT2D eigenvalue weighted by Crippen LogP contribution is -2.41. The van der Waals surface area contributed by atoms with Crippen molar-refractivity contribution in [2.24, 2.45) is 0 Å².